The van der Waals surface area contributed by atoms with E-state index in [0.717, 1.165) is 6.29 Å². The standard InChI is InChI=1S/C11H9NO3S/c1-15-11(14)10-9(4-6-16-10)12-5-2-3-8(12)7-13/h2-7H,1H3. The number of aromatic nitrogens is 1. The number of ether oxygens (including phenoxy) is 1. The van der Waals surface area contributed by atoms with E-state index in [1.54, 1.807) is 34.3 Å². The number of carbonyl (C=O) groups is 2. The minimum Gasteiger partial charge on any atom is -0.465 e. The lowest BCUT2D eigenvalue weighted by Gasteiger charge is -2.05. The fraction of sp³-hybridized carbons (Fsp3) is 0.0909. The lowest BCUT2D eigenvalue weighted by atomic mass is 10.3. The van der Waals surface area contributed by atoms with Crippen LogP contribution in [0, 0.1) is 0 Å². The minimum absolute atomic E-state index is 0.393. The van der Waals surface area contributed by atoms with Gasteiger partial charge in [-0.15, -0.1) is 11.3 Å². The van der Waals surface area contributed by atoms with Crippen molar-refractivity contribution in [3.05, 3.63) is 40.3 Å². The molecule has 0 spiro atoms. The second-order valence-electron chi connectivity index (χ2n) is 3.05. The van der Waals surface area contributed by atoms with Gasteiger partial charge in [0.2, 0.25) is 0 Å². The number of carbonyl (C=O) groups excluding carboxylic acids is 2. The lowest BCUT2D eigenvalue weighted by molar-refractivity contribution is 0.0606. The molecule has 2 heterocycles. The van der Waals surface area contributed by atoms with Gasteiger partial charge in [0.1, 0.15) is 4.88 Å². The first-order chi connectivity index (χ1) is 7.77. The van der Waals surface area contributed by atoms with Crippen molar-refractivity contribution < 1.29 is 14.3 Å². The van der Waals surface area contributed by atoms with Crippen molar-refractivity contribution in [2.24, 2.45) is 0 Å². The zero-order valence-electron chi connectivity index (χ0n) is 8.54. The van der Waals surface area contributed by atoms with E-state index in [1.807, 2.05) is 0 Å². The van der Waals surface area contributed by atoms with Crippen molar-refractivity contribution in [1.82, 2.24) is 4.57 Å². The Hall–Kier alpha value is -1.88. The molecule has 0 aliphatic rings. The summed E-state index contributed by atoms with van der Waals surface area (Å²) in [5.41, 5.74) is 1.17. The van der Waals surface area contributed by atoms with E-state index in [2.05, 4.69) is 4.74 Å². The molecule has 16 heavy (non-hydrogen) atoms. The molecule has 0 bridgehead atoms. The highest BCUT2D eigenvalue weighted by Gasteiger charge is 2.15. The summed E-state index contributed by atoms with van der Waals surface area (Å²) in [4.78, 5) is 22.8. The van der Waals surface area contributed by atoms with Gasteiger partial charge < -0.3 is 9.30 Å². The SMILES string of the molecule is COC(=O)c1sccc1-n1cccc1C=O. The van der Waals surface area contributed by atoms with Crippen LogP contribution in [0.1, 0.15) is 20.2 Å². The smallest absolute Gasteiger partial charge is 0.350 e. The van der Waals surface area contributed by atoms with Gasteiger partial charge in [0.15, 0.2) is 6.29 Å². The maximum Gasteiger partial charge on any atom is 0.350 e. The first kappa shape index (κ1) is 10.6. The van der Waals surface area contributed by atoms with Crippen LogP contribution in [-0.2, 0) is 4.74 Å². The maximum absolute atomic E-state index is 11.5. The van der Waals surface area contributed by atoms with Gasteiger partial charge in [-0.2, -0.15) is 0 Å². The van der Waals surface area contributed by atoms with E-state index in [1.165, 1.54) is 18.4 Å². The fourth-order valence-corrected chi connectivity index (χ4v) is 2.25. The van der Waals surface area contributed by atoms with Crippen molar-refractivity contribution in [2.45, 2.75) is 0 Å². The van der Waals surface area contributed by atoms with Crippen LogP contribution in [-0.4, -0.2) is 23.9 Å². The zero-order chi connectivity index (χ0) is 11.5. The van der Waals surface area contributed by atoms with Crippen LogP contribution in [0.4, 0.5) is 0 Å². The van der Waals surface area contributed by atoms with Gasteiger partial charge in [-0.3, -0.25) is 4.79 Å². The molecule has 0 atom stereocenters. The molecule has 0 aliphatic carbocycles. The second-order valence-corrected chi connectivity index (χ2v) is 3.96. The topological polar surface area (TPSA) is 48.3 Å². The molecule has 82 valence electrons. The van der Waals surface area contributed by atoms with Gasteiger partial charge in [-0.25, -0.2) is 4.79 Å². The van der Waals surface area contributed by atoms with Gasteiger partial charge in [-0.05, 0) is 23.6 Å². The highest BCUT2D eigenvalue weighted by atomic mass is 32.1. The second kappa shape index (κ2) is 4.32. The molecule has 0 radical (unpaired) electrons. The van der Waals surface area contributed by atoms with Gasteiger partial charge >= 0.3 is 5.97 Å². The average Bonchev–Trinajstić information content (AvgIpc) is 2.94. The van der Waals surface area contributed by atoms with E-state index in [0.29, 0.717) is 16.3 Å². The molecule has 2 aromatic heterocycles. The Bertz CT molecular complexity index is 527. The molecule has 5 heteroatoms. The number of methoxy groups -OCH3 is 1. The summed E-state index contributed by atoms with van der Waals surface area (Å²) in [6, 6.07) is 5.22. The highest BCUT2D eigenvalue weighted by Crippen LogP contribution is 2.23. The molecule has 0 aromatic carbocycles. The van der Waals surface area contributed by atoms with Gasteiger partial charge in [-0.1, -0.05) is 0 Å². The Morgan fingerprint density at radius 1 is 1.50 bits per heavy atom. The zero-order valence-corrected chi connectivity index (χ0v) is 9.36. The Balaban J connectivity index is 2.52. The number of nitrogens with zero attached hydrogens (tertiary/aromatic N) is 1. The predicted molar refractivity (Wildman–Crippen MR) is 60.4 cm³/mol. The quantitative estimate of drug-likeness (QED) is 0.605. The van der Waals surface area contributed by atoms with Crippen LogP contribution >= 0.6 is 11.3 Å². The number of hydrogen-bond acceptors (Lipinski definition) is 4. The number of esters is 1. The van der Waals surface area contributed by atoms with Gasteiger partial charge in [0.25, 0.3) is 0 Å². The average molecular weight is 235 g/mol. The Morgan fingerprint density at radius 2 is 2.31 bits per heavy atom. The number of aldehydes is 1. The molecule has 0 saturated heterocycles. The minimum atomic E-state index is -0.393. The van der Waals surface area contributed by atoms with Crippen LogP contribution < -0.4 is 0 Å². The van der Waals surface area contributed by atoms with Crippen molar-refractivity contribution in [3.8, 4) is 5.69 Å². The molecule has 0 fully saturated rings. The van der Waals surface area contributed by atoms with E-state index >= 15 is 0 Å². The summed E-state index contributed by atoms with van der Waals surface area (Å²) in [6.45, 7) is 0. The molecular weight excluding hydrogens is 226 g/mol. The van der Waals surface area contributed by atoms with Crippen molar-refractivity contribution in [3.63, 3.8) is 0 Å². The summed E-state index contributed by atoms with van der Waals surface area (Å²) in [5, 5.41) is 1.79. The van der Waals surface area contributed by atoms with Crippen LogP contribution in [0.15, 0.2) is 29.8 Å². The highest BCUT2D eigenvalue weighted by molar-refractivity contribution is 7.12. The molecule has 0 aliphatic heterocycles. The number of thiophene rings is 1. The third-order valence-corrected chi connectivity index (χ3v) is 3.06. The van der Waals surface area contributed by atoms with Crippen LogP contribution in [0.5, 0.6) is 0 Å². The number of hydrogen-bond donors (Lipinski definition) is 0. The Morgan fingerprint density at radius 3 is 3.00 bits per heavy atom. The van der Waals surface area contributed by atoms with Crippen LogP contribution in [0.25, 0.3) is 5.69 Å². The maximum atomic E-state index is 11.5. The van der Waals surface area contributed by atoms with E-state index in [-0.39, 0.29) is 0 Å². The van der Waals surface area contributed by atoms with E-state index in [9.17, 15) is 9.59 Å². The van der Waals surface area contributed by atoms with Crippen molar-refractivity contribution in [2.75, 3.05) is 7.11 Å². The lowest BCUT2D eigenvalue weighted by Crippen LogP contribution is -2.05. The normalized spacial score (nSPS) is 10.1. The van der Waals surface area contributed by atoms with Crippen LogP contribution in [0.3, 0.4) is 0 Å². The molecule has 2 rings (SSSR count). The van der Waals surface area contributed by atoms with E-state index in [4.69, 9.17) is 0 Å². The fourth-order valence-electron chi connectivity index (χ4n) is 1.45. The molecule has 2 aromatic rings. The van der Waals surface area contributed by atoms with Crippen LogP contribution in [0.2, 0.25) is 0 Å². The van der Waals surface area contributed by atoms with Crippen molar-refractivity contribution in [1.29, 1.82) is 0 Å². The van der Waals surface area contributed by atoms with E-state index < -0.39 is 5.97 Å². The molecule has 4 nitrogen and oxygen atoms in total. The Labute approximate surface area is 96.1 Å². The third-order valence-electron chi connectivity index (χ3n) is 2.18. The largest absolute Gasteiger partial charge is 0.465 e. The molecule has 0 N–H and O–H groups in total. The monoisotopic (exact) mass is 235 g/mol. The Kier molecular flexibility index (Phi) is 2.87. The van der Waals surface area contributed by atoms with Crippen molar-refractivity contribution >= 4 is 23.6 Å². The first-order valence-electron chi connectivity index (χ1n) is 4.56. The summed E-state index contributed by atoms with van der Waals surface area (Å²) in [7, 11) is 1.34. The number of rotatable bonds is 3. The summed E-state index contributed by atoms with van der Waals surface area (Å²) in [6.07, 6.45) is 2.48. The third kappa shape index (κ3) is 1.65. The molecule has 0 saturated carbocycles. The molecule has 0 amide bonds. The summed E-state index contributed by atoms with van der Waals surface area (Å²) in [5.74, 6) is -0.393. The molecule has 0 unspecified atom stereocenters. The first-order valence-corrected chi connectivity index (χ1v) is 5.44. The summed E-state index contributed by atoms with van der Waals surface area (Å²) < 4.78 is 6.34. The molecular formula is C11H9NO3S. The summed E-state index contributed by atoms with van der Waals surface area (Å²) >= 11 is 1.29. The predicted octanol–water partition coefficient (Wildman–Crippen LogP) is 2.14. The van der Waals surface area contributed by atoms with Gasteiger partial charge in [0.05, 0.1) is 18.5 Å². The van der Waals surface area contributed by atoms with Gasteiger partial charge in [0, 0.05) is 6.20 Å².